The summed E-state index contributed by atoms with van der Waals surface area (Å²) in [6.45, 7) is 5.32. The van der Waals surface area contributed by atoms with Crippen LogP contribution in [-0.2, 0) is 6.54 Å². The Hall–Kier alpha value is -2.88. The molecule has 1 aliphatic carbocycles. The number of aliphatic imine (C=N–C) groups is 1. The molecule has 0 bridgehead atoms. The predicted molar refractivity (Wildman–Crippen MR) is 115 cm³/mol. The van der Waals surface area contributed by atoms with Crippen LogP contribution in [0.1, 0.15) is 38.3 Å². The first kappa shape index (κ1) is 17.2. The van der Waals surface area contributed by atoms with Gasteiger partial charge in [0.1, 0.15) is 0 Å². The minimum Gasteiger partial charge on any atom is -0.377 e. The molecular weight excluding hydrogens is 344 g/mol. The third kappa shape index (κ3) is 3.13. The maximum absolute atomic E-state index is 5.09. The van der Waals surface area contributed by atoms with E-state index in [1.807, 2.05) is 10.9 Å². The van der Waals surface area contributed by atoms with Crippen molar-refractivity contribution in [1.82, 2.24) is 9.78 Å². The van der Waals surface area contributed by atoms with Crippen LogP contribution in [-0.4, -0.2) is 15.5 Å². The number of fused-ring (bicyclic) bond motifs is 1. The Balaban J connectivity index is 1.57. The van der Waals surface area contributed by atoms with Gasteiger partial charge in [0.25, 0.3) is 0 Å². The summed E-state index contributed by atoms with van der Waals surface area (Å²) in [5.74, 6) is 1.06. The van der Waals surface area contributed by atoms with Crippen molar-refractivity contribution in [3.8, 4) is 11.1 Å². The fourth-order valence-electron chi connectivity index (χ4n) is 4.21. The van der Waals surface area contributed by atoms with Gasteiger partial charge in [-0.25, -0.2) is 0 Å². The van der Waals surface area contributed by atoms with Gasteiger partial charge in [0.15, 0.2) is 0 Å². The van der Waals surface area contributed by atoms with Crippen molar-refractivity contribution in [2.75, 3.05) is 5.32 Å². The molecule has 0 amide bonds. The lowest BCUT2D eigenvalue weighted by atomic mass is 9.83. The molecule has 2 aliphatic rings. The van der Waals surface area contributed by atoms with Crippen LogP contribution in [0.15, 0.2) is 65.9 Å². The lowest BCUT2D eigenvalue weighted by Crippen LogP contribution is -2.29. The van der Waals surface area contributed by atoms with E-state index in [9.17, 15) is 0 Å². The van der Waals surface area contributed by atoms with Gasteiger partial charge in [-0.3, -0.25) is 9.67 Å². The van der Waals surface area contributed by atoms with Crippen LogP contribution in [0.4, 0.5) is 11.4 Å². The number of nitrogens with one attached hydrogen (secondary N) is 1. The normalized spacial score (nSPS) is 21.1. The van der Waals surface area contributed by atoms with E-state index in [4.69, 9.17) is 4.99 Å². The number of hydrogen-bond acceptors (Lipinski definition) is 3. The smallest absolute Gasteiger partial charge is 0.0682 e. The first-order valence-electron chi connectivity index (χ1n) is 10.3. The fourth-order valence-corrected chi connectivity index (χ4v) is 4.21. The molecule has 2 aromatic carbocycles. The van der Waals surface area contributed by atoms with Crippen molar-refractivity contribution in [3.05, 3.63) is 66.5 Å². The van der Waals surface area contributed by atoms with Crippen LogP contribution in [0.5, 0.6) is 0 Å². The number of benzene rings is 2. The number of rotatable bonds is 5. The van der Waals surface area contributed by atoms with E-state index in [0.29, 0.717) is 11.8 Å². The third-order valence-electron chi connectivity index (χ3n) is 5.96. The van der Waals surface area contributed by atoms with E-state index < -0.39 is 0 Å². The van der Waals surface area contributed by atoms with E-state index in [0.717, 1.165) is 23.5 Å². The summed E-state index contributed by atoms with van der Waals surface area (Å²) >= 11 is 0. The molecular formula is C24H26N4. The van der Waals surface area contributed by atoms with Crippen molar-refractivity contribution in [2.24, 2.45) is 16.8 Å². The van der Waals surface area contributed by atoms with Crippen LogP contribution in [0.3, 0.4) is 0 Å². The summed E-state index contributed by atoms with van der Waals surface area (Å²) in [7, 11) is 0. The monoisotopic (exact) mass is 370 g/mol. The van der Waals surface area contributed by atoms with Crippen LogP contribution in [0.2, 0.25) is 0 Å². The molecule has 1 aliphatic heterocycles. The SMILES string of the molecule is CCn1cc(-c2ccc3c(c2)[C@H](Nc2ccccc2)[C@@H](C)C(C2CC2)=N3)cn1. The van der Waals surface area contributed by atoms with Gasteiger partial charge in [0.05, 0.1) is 17.9 Å². The standard InChI is InChI=1S/C24H26N4/c1-3-28-15-19(14-25-28)18-11-12-22-21(13-18)24(26-20-7-5-4-6-8-20)16(2)23(27-22)17-9-10-17/h4-8,11-17,24,26H,3,9-10H2,1-2H3/t16-,24+/m0/s1. The molecule has 2 atom stereocenters. The second-order valence-corrected chi connectivity index (χ2v) is 7.95. The van der Waals surface area contributed by atoms with Crippen LogP contribution < -0.4 is 5.32 Å². The molecule has 1 saturated carbocycles. The highest BCUT2D eigenvalue weighted by atomic mass is 15.3. The van der Waals surface area contributed by atoms with E-state index in [1.54, 1.807) is 0 Å². The number of hydrogen-bond donors (Lipinski definition) is 1. The predicted octanol–water partition coefficient (Wildman–Crippen LogP) is 5.86. The summed E-state index contributed by atoms with van der Waals surface area (Å²) in [5, 5.41) is 8.23. The average Bonchev–Trinajstić information content (AvgIpc) is 3.46. The maximum atomic E-state index is 5.09. The lowest BCUT2D eigenvalue weighted by molar-refractivity contribution is 0.613. The third-order valence-corrected chi connectivity index (χ3v) is 5.96. The molecule has 0 radical (unpaired) electrons. The Bertz CT molecular complexity index is 1010. The lowest BCUT2D eigenvalue weighted by Gasteiger charge is -2.33. The van der Waals surface area contributed by atoms with Crippen molar-refractivity contribution in [1.29, 1.82) is 0 Å². The first-order chi connectivity index (χ1) is 13.7. The average molecular weight is 371 g/mol. The van der Waals surface area contributed by atoms with Crippen molar-refractivity contribution in [2.45, 2.75) is 39.3 Å². The van der Waals surface area contributed by atoms with Gasteiger partial charge in [-0.15, -0.1) is 0 Å². The molecule has 0 spiro atoms. The van der Waals surface area contributed by atoms with Crippen molar-refractivity contribution >= 4 is 17.1 Å². The zero-order chi connectivity index (χ0) is 19.1. The van der Waals surface area contributed by atoms with Crippen LogP contribution >= 0.6 is 0 Å². The number of anilines is 1. The molecule has 4 heteroatoms. The minimum absolute atomic E-state index is 0.228. The van der Waals surface area contributed by atoms with Gasteiger partial charge in [-0.1, -0.05) is 31.2 Å². The molecule has 2 heterocycles. The molecule has 1 N–H and O–H groups in total. The zero-order valence-electron chi connectivity index (χ0n) is 16.5. The summed E-state index contributed by atoms with van der Waals surface area (Å²) < 4.78 is 1.97. The maximum Gasteiger partial charge on any atom is 0.0682 e. The van der Waals surface area contributed by atoms with Crippen molar-refractivity contribution in [3.63, 3.8) is 0 Å². The topological polar surface area (TPSA) is 42.2 Å². The molecule has 4 nitrogen and oxygen atoms in total. The van der Waals surface area contributed by atoms with Gasteiger partial charge < -0.3 is 5.32 Å². The highest BCUT2D eigenvalue weighted by molar-refractivity contribution is 5.96. The molecule has 0 saturated heterocycles. The fraction of sp³-hybridized carbons (Fsp3) is 0.333. The molecule has 5 rings (SSSR count). The van der Waals surface area contributed by atoms with E-state index in [-0.39, 0.29) is 6.04 Å². The summed E-state index contributed by atoms with van der Waals surface area (Å²) in [5.41, 5.74) is 7.28. The zero-order valence-corrected chi connectivity index (χ0v) is 16.5. The number of para-hydroxylation sites is 1. The van der Waals surface area contributed by atoms with Crippen molar-refractivity contribution < 1.29 is 0 Å². The molecule has 1 fully saturated rings. The van der Waals surface area contributed by atoms with E-state index in [2.05, 4.69) is 79.0 Å². The molecule has 142 valence electrons. The number of nitrogens with zero attached hydrogens (tertiary/aromatic N) is 3. The quantitative estimate of drug-likeness (QED) is 0.611. The van der Waals surface area contributed by atoms with E-state index >= 15 is 0 Å². The molecule has 3 aromatic rings. The van der Waals surface area contributed by atoms with Gasteiger partial charge in [-0.05, 0) is 55.5 Å². The minimum atomic E-state index is 0.228. The van der Waals surface area contributed by atoms with E-state index in [1.165, 1.54) is 29.7 Å². The first-order valence-corrected chi connectivity index (χ1v) is 10.3. The molecule has 0 unspecified atom stereocenters. The Labute approximate surface area is 166 Å². The highest BCUT2D eigenvalue weighted by Gasteiger charge is 2.38. The van der Waals surface area contributed by atoms with Gasteiger partial charge in [-0.2, -0.15) is 5.10 Å². The van der Waals surface area contributed by atoms with Gasteiger partial charge in [0, 0.05) is 41.2 Å². The Kier molecular flexibility index (Phi) is 4.27. The van der Waals surface area contributed by atoms with Crippen LogP contribution in [0, 0.1) is 11.8 Å². The number of aromatic nitrogens is 2. The Morgan fingerprint density at radius 1 is 1.07 bits per heavy atom. The highest BCUT2D eigenvalue weighted by Crippen LogP contribution is 2.46. The van der Waals surface area contributed by atoms with Gasteiger partial charge >= 0.3 is 0 Å². The Morgan fingerprint density at radius 2 is 1.89 bits per heavy atom. The molecule has 28 heavy (non-hydrogen) atoms. The Morgan fingerprint density at radius 3 is 2.61 bits per heavy atom. The second-order valence-electron chi connectivity index (χ2n) is 7.95. The van der Waals surface area contributed by atoms with Gasteiger partial charge in [0.2, 0.25) is 0 Å². The summed E-state index contributed by atoms with van der Waals surface area (Å²) in [6, 6.07) is 17.4. The largest absolute Gasteiger partial charge is 0.377 e. The summed E-state index contributed by atoms with van der Waals surface area (Å²) in [4.78, 5) is 5.09. The number of aryl methyl sites for hydroxylation is 1. The molecule has 1 aromatic heterocycles. The van der Waals surface area contributed by atoms with Crippen LogP contribution in [0.25, 0.3) is 11.1 Å². The summed E-state index contributed by atoms with van der Waals surface area (Å²) in [6.07, 6.45) is 6.64. The second kappa shape index (κ2) is 6.93.